The normalized spacial score (nSPS) is 15.9. The number of phenolic OH excluding ortho intramolecular Hbond substituents is 1. The molecule has 0 aromatic heterocycles. The van der Waals surface area contributed by atoms with Gasteiger partial charge in [-0.05, 0) is 48.5 Å². The van der Waals surface area contributed by atoms with E-state index in [-0.39, 0.29) is 0 Å². The number of benzene rings is 2. The lowest BCUT2D eigenvalue weighted by molar-refractivity contribution is 0.475. The number of hydrogen-bond donors (Lipinski definition) is 2. The summed E-state index contributed by atoms with van der Waals surface area (Å²) in [5, 5.41) is 4.45. The number of piperazine rings is 1. The first kappa shape index (κ1) is 11.5. The van der Waals surface area contributed by atoms with E-state index in [4.69, 9.17) is 7.16 Å². The van der Waals surface area contributed by atoms with E-state index in [0.29, 0.717) is 5.75 Å². The van der Waals surface area contributed by atoms with E-state index in [1.165, 1.54) is 11.4 Å². The molecule has 1 heterocycles. The molecule has 3 rings (SSSR count). The third kappa shape index (κ3) is 2.64. The Hall–Kier alpha value is -2.36. The van der Waals surface area contributed by atoms with Crippen LogP contribution in [-0.2, 0) is 0 Å². The molecule has 1 aliphatic rings. The van der Waals surface area contributed by atoms with Crippen molar-refractivity contribution in [2.45, 2.75) is 0 Å². The Kier molecular flexibility index (Phi) is 3.05. The van der Waals surface area contributed by atoms with Crippen molar-refractivity contribution in [3.8, 4) is 5.75 Å². The average molecular weight is 271 g/mol. The van der Waals surface area contributed by atoms with E-state index in [2.05, 4.69) is 27.0 Å². The van der Waals surface area contributed by atoms with E-state index in [1.807, 2.05) is 36.4 Å². The largest absolute Gasteiger partial charge is 0.508 e. The summed E-state index contributed by atoms with van der Waals surface area (Å²) in [6.45, 7) is 3.93. The number of hydrogen-bond acceptors (Lipinski definition) is 4. The molecule has 1 saturated heterocycles. The van der Waals surface area contributed by atoms with Gasteiger partial charge in [-0.3, -0.25) is 0 Å². The summed E-state index contributed by atoms with van der Waals surface area (Å²) in [7, 11) is 0. The molecular weight excluding hydrogens is 250 g/mol. The van der Waals surface area contributed by atoms with Crippen LogP contribution in [0.3, 0.4) is 0 Å². The van der Waals surface area contributed by atoms with Gasteiger partial charge in [0, 0.05) is 43.2 Å². The number of phenols is 1. The van der Waals surface area contributed by atoms with E-state index < -0.39 is 0 Å². The summed E-state index contributed by atoms with van der Waals surface area (Å²) in [6, 6.07) is 15.7. The molecule has 1 aliphatic heterocycles. The van der Waals surface area contributed by atoms with Gasteiger partial charge < -0.3 is 20.6 Å². The first-order valence-corrected chi connectivity index (χ1v) is 6.85. The molecular formula is C16H19N3O. The summed E-state index contributed by atoms with van der Waals surface area (Å²) >= 11 is 0. The second kappa shape index (κ2) is 5.33. The molecule has 2 aromatic carbocycles. The third-order valence-electron chi connectivity index (χ3n) is 3.74. The predicted molar refractivity (Wildman–Crippen MR) is 83.4 cm³/mol. The molecule has 2 aromatic rings. The van der Waals surface area contributed by atoms with Crippen molar-refractivity contribution in [1.29, 1.82) is 1.43 Å². The highest BCUT2D eigenvalue weighted by Gasteiger charge is 2.17. The Morgan fingerprint density at radius 2 is 1.25 bits per heavy atom. The van der Waals surface area contributed by atoms with Crippen molar-refractivity contribution in [2.75, 3.05) is 41.7 Å². The van der Waals surface area contributed by atoms with Crippen molar-refractivity contribution in [1.82, 2.24) is 0 Å². The van der Waals surface area contributed by atoms with Crippen molar-refractivity contribution in [3.05, 3.63) is 48.5 Å². The van der Waals surface area contributed by atoms with Gasteiger partial charge in [-0.25, -0.2) is 0 Å². The van der Waals surface area contributed by atoms with Gasteiger partial charge >= 0.3 is 0 Å². The topological polar surface area (TPSA) is 52.7 Å². The fourth-order valence-electron chi connectivity index (χ4n) is 2.56. The highest BCUT2D eigenvalue weighted by molar-refractivity contribution is 5.55. The van der Waals surface area contributed by atoms with Crippen LogP contribution in [0.15, 0.2) is 48.5 Å². The molecule has 0 amide bonds. The van der Waals surface area contributed by atoms with Crippen molar-refractivity contribution >= 4 is 17.1 Å². The zero-order chi connectivity index (χ0) is 14.7. The average Bonchev–Trinajstić information content (AvgIpc) is 2.56. The standard InChI is InChI=1S/C16H19N3O/c17-13-1-3-14(4-2-13)18-9-11-19(12-10-18)15-5-7-16(20)8-6-15/h1-8,20H,9-12,17H2/i/hT. The molecule has 3 N–H and O–H groups in total. The van der Waals surface area contributed by atoms with Gasteiger partial charge in [0.25, 0.3) is 1.43 Å². The number of nitrogens with two attached hydrogens (primary N) is 1. The number of rotatable bonds is 3. The summed E-state index contributed by atoms with van der Waals surface area (Å²) in [5.74, 6) is 0.569. The Morgan fingerprint density at radius 1 is 0.800 bits per heavy atom. The lowest BCUT2D eigenvalue weighted by atomic mass is 10.2. The Labute approximate surface area is 120 Å². The fourth-order valence-corrected chi connectivity index (χ4v) is 2.56. The summed E-state index contributed by atoms with van der Waals surface area (Å²) in [4.78, 5) is 4.72. The number of anilines is 3. The lowest BCUT2D eigenvalue weighted by Gasteiger charge is -2.37. The molecule has 20 heavy (non-hydrogen) atoms. The molecule has 104 valence electrons. The highest BCUT2D eigenvalue weighted by Crippen LogP contribution is 2.22. The van der Waals surface area contributed by atoms with Gasteiger partial charge in [0.1, 0.15) is 5.75 Å². The molecule has 1 fully saturated rings. The van der Waals surface area contributed by atoms with Crippen LogP contribution in [0.25, 0.3) is 0 Å². The van der Waals surface area contributed by atoms with Gasteiger partial charge in [-0.1, -0.05) is 0 Å². The smallest absolute Gasteiger partial charge is 0.293 e. The van der Waals surface area contributed by atoms with Crippen LogP contribution in [0.2, 0.25) is 0 Å². The van der Waals surface area contributed by atoms with Gasteiger partial charge in [-0.15, -0.1) is 0 Å². The second-order valence-corrected chi connectivity index (χ2v) is 5.06. The van der Waals surface area contributed by atoms with Crippen LogP contribution in [0.4, 0.5) is 17.1 Å². The minimum absolute atomic E-state index is 0.569. The zero-order valence-electron chi connectivity index (χ0n) is 12.3. The predicted octanol–water partition coefficient (Wildman–Crippen LogP) is 2.30. The molecule has 0 spiro atoms. The molecule has 4 heteroatoms. The Morgan fingerprint density at radius 3 is 1.70 bits per heavy atom. The van der Waals surface area contributed by atoms with Gasteiger partial charge in [0.05, 0.1) is 0 Å². The minimum Gasteiger partial charge on any atom is -0.508 e. The molecule has 0 atom stereocenters. The lowest BCUT2D eigenvalue weighted by Crippen LogP contribution is -2.46. The van der Waals surface area contributed by atoms with Crippen molar-refractivity contribution < 1.29 is 5.11 Å². The van der Waals surface area contributed by atoms with Crippen LogP contribution < -0.4 is 15.5 Å². The maximum atomic E-state index is 6.87. The van der Waals surface area contributed by atoms with E-state index in [0.717, 1.165) is 31.9 Å². The van der Waals surface area contributed by atoms with E-state index >= 15 is 0 Å². The third-order valence-corrected chi connectivity index (χ3v) is 3.74. The molecule has 0 saturated carbocycles. The molecule has 0 bridgehead atoms. The summed E-state index contributed by atoms with van der Waals surface area (Å²) in [6.07, 6.45) is 0. The molecule has 0 unspecified atom stereocenters. The summed E-state index contributed by atoms with van der Waals surface area (Å²) in [5.41, 5.74) is 8.93. The van der Waals surface area contributed by atoms with Gasteiger partial charge in [0.2, 0.25) is 0 Å². The minimum atomic E-state index is 0.569. The number of aromatic hydroxyl groups is 1. The van der Waals surface area contributed by atoms with Crippen LogP contribution >= 0.6 is 0 Å². The van der Waals surface area contributed by atoms with Crippen LogP contribution in [0, 0.1) is 0 Å². The Bertz CT molecular complexity index is 577. The Balaban J connectivity index is 1.62. The SMILES string of the molecule is [3H]Oc1ccc(N2CCN(c3ccc(N)cc3)CC2)cc1. The molecule has 0 aliphatic carbocycles. The number of nitrogens with zero attached hydrogens (tertiary/aromatic N) is 2. The van der Waals surface area contributed by atoms with Crippen LogP contribution in [-0.4, -0.2) is 32.7 Å². The fraction of sp³-hybridized carbons (Fsp3) is 0.250. The van der Waals surface area contributed by atoms with Gasteiger partial charge in [0.15, 0.2) is 0 Å². The van der Waals surface area contributed by atoms with Crippen LogP contribution in [0.1, 0.15) is 0 Å². The maximum Gasteiger partial charge on any atom is 0.293 e. The molecule has 4 nitrogen and oxygen atoms in total. The highest BCUT2D eigenvalue weighted by atomic mass is 16.3. The van der Waals surface area contributed by atoms with Crippen molar-refractivity contribution in [2.24, 2.45) is 0 Å². The summed E-state index contributed by atoms with van der Waals surface area (Å²) < 4.78 is 6.87. The van der Waals surface area contributed by atoms with Crippen molar-refractivity contribution in [3.63, 3.8) is 0 Å². The van der Waals surface area contributed by atoms with E-state index in [1.54, 1.807) is 0 Å². The molecule has 0 radical (unpaired) electrons. The first-order chi connectivity index (χ1) is 10.3. The van der Waals surface area contributed by atoms with E-state index in [9.17, 15) is 0 Å². The van der Waals surface area contributed by atoms with Crippen LogP contribution in [0.5, 0.6) is 5.75 Å². The first-order valence-electron chi connectivity index (χ1n) is 7.26. The zero-order valence-corrected chi connectivity index (χ0v) is 11.3. The second-order valence-electron chi connectivity index (χ2n) is 5.06. The number of nitrogen functional groups attached to an aromatic ring is 1. The quantitative estimate of drug-likeness (QED) is 0.841. The maximum absolute atomic E-state index is 6.87. The monoisotopic (exact) mass is 271 g/mol. The van der Waals surface area contributed by atoms with Gasteiger partial charge in [-0.2, -0.15) is 0 Å².